The Kier molecular flexibility index (Phi) is 3.22. The number of carboxylic acids is 1. The zero-order chi connectivity index (χ0) is 15.1. The highest BCUT2D eigenvalue weighted by Gasteiger charge is 2.31. The van der Waals surface area contributed by atoms with Gasteiger partial charge in [0.1, 0.15) is 5.52 Å². The smallest absolute Gasteiger partial charge is 0.335 e. The Hall–Kier alpha value is -2.15. The Morgan fingerprint density at radius 3 is 2.77 bits per heavy atom. The minimum atomic E-state index is -0.958. The Morgan fingerprint density at radius 1 is 1.27 bits per heavy atom. The lowest BCUT2D eigenvalue weighted by Gasteiger charge is -2.42. The number of hydrogen-bond acceptors (Lipinski definition) is 6. The van der Waals surface area contributed by atoms with Gasteiger partial charge >= 0.3 is 5.97 Å². The first kappa shape index (κ1) is 13.5. The number of carbonyl (C=O) groups is 1. The fourth-order valence-corrected chi connectivity index (χ4v) is 3.45. The monoisotopic (exact) mass is 302 g/mol. The van der Waals surface area contributed by atoms with Crippen LogP contribution in [-0.2, 0) is 0 Å². The van der Waals surface area contributed by atoms with Crippen LogP contribution >= 0.6 is 0 Å². The fourth-order valence-electron chi connectivity index (χ4n) is 3.45. The molecule has 0 bridgehead atoms. The quantitative estimate of drug-likeness (QED) is 0.915. The van der Waals surface area contributed by atoms with E-state index in [9.17, 15) is 9.90 Å². The molecule has 0 radical (unpaired) electrons. The molecule has 1 N–H and O–H groups in total. The van der Waals surface area contributed by atoms with Gasteiger partial charge in [-0.2, -0.15) is 0 Å². The largest absolute Gasteiger partial charge is 0.478 e. The Morgan fingerprint density at radius 2 is 2.05 bits per heavy atom. The van der Waals surface area contributed by atoms with Gasteiger partial charge in [-0.15, -0.1) is 0 Å². The molecule has 1 aromatic heterocycles. The van der Waals surface area contributed by atoms with E-state index < -0.39 is 5.97 Å². The van der Waals surface area contributed by atoms with Crippen LogP contribution in [0.5, 0.6) is 0 Å². The van der Waals surface area contributed by atoms with Crippen LogP contribution in [-0.4, -0.2) is 59.0 Å². The standard InChI is InChI=1S/C15H18N4O3/c20-15(21)11-5-12-14(17-22-16-12)13(6-11)19-8-10(9-19)7-18-3-1-2-4-18/h5-6,10H,1-4,7-9H2,(H,20,21). The topological polar surface area (TPSA) is 82.7 Å². The first-order valence-electron chi connectivity index (χ1n) is 7.67. The van der Waals surface area contributed by atoms with E-state index in [0.29, 0.717) is 17.0 Å². The summed E-state index contributed by atoms with van der Waals surface area (Å²) in [5, 5.41) is 16.9. The molecule has 1 aromatic carbocycles. The van der Waals surface area contributed by atoms with E-state index in [4.69, 9.17) is 4.63 Å². The summed E-state index contributed by atoms with van der Waals surface area (Å²) in [6.07, 6.45) is 2.62. The summed E-state index contributed by atoms with van der Waals surface area (Å²) >= 11 is 0. The van der Waals surface area contributed by atoms with Crippen LogP contribution in [0.15, 0.2) is 16.8 Å². The molecule has 7 heteroatoms. The van der Waals surface area contributed by atoms with E-state index in [1.165, 1.54) is 32.0 Å². The molecule has 0 aliphatic carbocycles. The summed E-state index contributed by atoms with van der Waals surface area (Å²) in [5.41, 5.74) is 2.18. The summed E-state index contributed by atoms with van der Waals surface area (Å²) in [6.45, 7) is 5.42. The van der Waals surface area contributed by atoms with Crippen molar-refractivity contribution in [2.45, 2.75) is 12.8 Å². The van der Waals surface area contributed by atoms with Crippen molar-refractivity contribution in [3.8, 4) is 0 Å². The molecule has 0 spiro atoms. The molecule has 0 unspecified atom stereocenters. The number of aromatic carboxylic acids is 1. The minimum Gasteiger partial charge on any atom is -0.478 e. The molecule has 2 fully saturated rings. The van der Waals surface area contributed by atoms with Gasteiger partial charge in [0.05, 0.1) is 11.3 Å². The Balaban J connectivity index is 1.52. The second-order valence-corrected chi connectivity index (χ2v) is 6.21. The second kappa shape index (κ2) is 5.24. The van der Waals surface area contributed by atoms with Crippen LogP contribution in [0.3, 0.4) is 0 Å². The van der Waals surface area contributed by atoms with Crippen molar-refractivity contribution in [3.63, 3.8) is 0 Å². The molecule has 2 aliphatic rings. The van der Waals surface area contributed by atoms with Gasteiger partial charge in [0, 0.05) is 25.6 Å². The first-order valence-corrected chi connectivity index (χ1v) is 7.67. The highest BCUT2D eigenvalue weighted by Crippen LogP contribution is 2.32. The molecular formula is C15H18N4O3. The van der Waals surface area contributed by atoms with Crippen LogP contribution in [0, 0.1) is 5.92 Å². The van der Waals surface area contributed by atoms with Crippen molar-refractivity contribution in [1.82, 2.24) is 15.2 Å². The highest BCUT2D eigenvalue weighted by molar-refractivity contribution is 5.98. The van der Waals surface area contributed by atoms with Gasteiger partial charge < -0.3 is 14.9 Å². The molecule has 7 nitrogen and oxygen atoms in total. The van der Waals surface area contributed by atoms with Crippen LogP contribution in [0.2, 0.25) is 0 Å². The third kappa shape index (κ3) is 2.31. The van der Waals surface area contributed by atoms with E-state index in [-0.39, 0.29) is 5.56 Å². The van der Waals surface area contributed by atoms with Gasteiger partial charge in [0.2, 0.25) is 0 Å². The maximum atomic E-state index is 11.2. The van der Waals surface area contributed by atoms with E-state index in [1.807, 2.05) is 0 Å². The average molecular weight is 302 g/mol. The number of benzene rings is 1. The van der Waals surface area contributed by atoms with E-state index >= 15 is 0 Å². The zero-order valence-corrected chi connectivity index (χ0v) is 12.2. The summed E-state index contributed by atoms with van der Waals surface area (Å²) in [5.74, 6) is -0.318. The zero-order valence-electron chi connectivity index (χ0n) is 12.2. The number of hydrogen-bond donors (Lipinski definition) is 1. The number of nitrogens with zero attached hydrogens (tertiary/aromatic N) is 4. The lowest BCUT2D eigenvalue weighted by atomic mass is 9.97. The van der Waals surface area contributed by atoms with Gasteiger partial charge in [-0.1, -0.05) is 0 Å². The lowest BCUT2D eigenvalue weighted by Crippen LogP contribution is -2.51. The molecule has 3 heterocycles. The molecule has 2 aromatic rings. The lowest BCUT2D eigenvalue weighted by molar-refractivity contribution is 0.0697. The van der Waals surface area contributed by atoms with Crippen LogP contribution in [0.1, 0.15) is 23.2 Å². The molecule has 116 valence electrons. The molecule has 2 saturated heterocycles. The average Bonchev–Trinajstić information content (AvgIpc) is 3.12. The van der Waals surface area contributed by atoms with Gasteiger partial charge in [-0.3, -0.25) is 0 Å². The third-order valence-electron chi connectivity index (χ3n) is 4.60. The van der Waals surface area contributed by atoms with Gasteiger partial charge in [0.15, 0.2) is 5.52 Å². The van der Waals surface area contributed by atoms with Crippen molar-refractivity contribution in [3.05, 3.63) is 17.7 Å². The molecule has 4 rings (SSSR count). The highest BCUT2D eigenvalue weighted by atomic mass is 16.6. The third-order valence-corrected chi connectivity index (χ3v) is 4.60. The van der Waals surface area contributed by atoms with Crippen molar-refractivity contribution < 1.29 is 14.5 Å². The maximum absolute atomic E-state index is 11.2. The predicted molar refractivity (Wildman–Crippen MR) is 80.1 cm³/mol. The second-order valence-electron chi connectivity index (χ2n) is 6.21. The number of rotatable bonds is 4. The first-order chi connectivity index (χ1) is 10.7. The normalized spacial score (nSPS) is 19.7. The van der Waals surface area contributed by atoms with Gasteiger partial charge in [-0.05, 0) is 48.4 Å². The van der Waals surface area contributed by atoms with Crippen LogP contribution in [0.25, 0.3) is 11.0 Å². The maximum Gasteiger partial charge on any atom is 0.335 e. The summed E-state index contributed by atoms with van der Waals surface area (Å²) in [6, 6.07) is 3.17. The van der Waals surface area contributed by atoms with Crippen molar-refractivity contribution in [2.75, 3.05) is 37.6 Å². The Labute approximate surface area is 127 Å². The van der Waals surface area contributed by atoms with Crippen molar-refractivity contribution >= 4 is 22.7 Å². The molecular weight excluding hydrogens is 284 g/mol. The predicted octanol–water partition coefficient (Wildman–Crippen LogP) is 1.45. The Bertz CT molecular complexity index is 702. The van der Waals surface area contributed by atoms with Crippen LogP contribution in [0.4, 0.5) is 5.69 Å². The summed E-state index contributed by atoms with van der Waals surface area (Å²) < 4.78 is 4.77. The van der Waals surface area contributed by atoms with Crippen LogP contribution < -0.4 is 4.90 Å². The van der Waals surface area contributed by atoms with E-state index in [2.05, 4.69) is 20.1 Å². The summed E-state index contributed by atoms with van der Waals surface area (Å²) in [7, 11) is 0. The number of carboxylic acid groups (broad SMARTS) is 1. The molecule has 22 heavy (non-hydrogen) atoms. The minimum absolute atomic E-state index is 0.223. The molecule has 2 aliphatic heterocycles. The summed E-state index contributed by atoms with van der Waals surface area (Å²) in [4.78, 5) is 15.9. The van der Waals surface area contributed by atoms with Crippen molar-refractivity contribution in [2.24, 2.45) is 5.92 Å². The van der Waals surface area contributed by atoms with E-state index in [1.54, 1.807) is 6.07 Å². The number of fused-ring (bicyclic) bond motifs is 1. The molecule has 0 saturated carbocycles. The molecule has 0 atom stereocenters. The van der Waals surface area contributed by atoms with E-state index in [0.717, 1.165) is 25.3 Å². The fraction of sp³-hybridized carbons (Fsp3) is 0.533. The molecule has 0 amide bonds. The number of aromatic nitrogens is 2. The number of anilines is 1. The van der Waals surface area contributed by atoms with Gasteiger partial charge in [-0.25, -0.2) is 9.42 Å². The van der Waals surface area contributed by atoms with Crippen molar-refractivity contribution in [1.29, 1.82) is 0 Å². The van der Waals surface area contributed by atoms with Gasteiger partial charge in [0.25, 0.3) is 0 Å². The number of likely N-dealkylation sites (tertiary alicyclic amines) is 1. The SMILES string of the molecule is O=C(O)c1cc(N2CC(CN3CCCC3)C2)c2nonc2c1.